The molecule has 1 aliphatic rings. The first-order valence-corrected chi connectivity index (χ1v) is 7.23. The first kappa shape index (κ1) is 14.1. The van der Waals surface area contributed by atoms with Crippen molar-refractivity contribution in [2.75, 3.05) is 6.61 Å². The quantitative estimate of drug-likeness (QED) is 0.732. The van der Waals surface area contributed by atoms with Gasteiger partial charge in [0.2, 0.25) is 0 Å². The predicted molar refractivity (Wildman–Crippen MR) is 76.7 cm³/mol. The van der Waals surface area contributed by atoms with Crippen LogP contribution in [-0.4, -0.2) is 6.61 Å². The Balaban J connectivity index is 1.84. The molecule has 0 amide bonds. The fourth-order valence-electron chi connectivity index (χ4n) is 2.68. The van der Waals surface area contributed by atoms with Gasteiger partial charge in [-0.1, -0.05) is 24.3 Å². The minimum atomic E-state index is -0.228. The zero-order valence-corrected chi connectivity index (χ0v) is 12.0. The summed E-state index contributed by atoms with van der Waals surface area (Å²) >= 11 is 0. The van der Waals surface area contributed by atoms with Gasteiger partial charge in [0.1, 0.15) is 0 Å². The minimum absolute atomic E-state index is 0.228. The average Bonchev–Trinajstić information content (AvgIpc) is 2.44. The van der Waals surface area contributed by atoms with E-state index in [1.807, 2.05) is 13.8 Å². The van der Waals surface area contributed by atoms with Crippen LogP contribution in [0.1, 0.15) is 56.8 Å². The van der Waals surface area contributed by atoms with Gasteiger partial charge in [0.15, 0.2) is 0 Å². The van der Waals surface area contributed by atoms with Gasteiger partial charge < -0.3 is 4.74 Å². The Bertz CT molecular complexity index is 459. The van der Waals surface area contributed by atoms with Crippen LogP contribution in [0.25, 0.3) is 0 Å². The van der Waals surface area contributed by atoms with E-state index in [2.05, 4.69) is 30.3 Å². The molecule has 102 valence electrons. The van der Waals surface area contributed by atoms with Crippen LogP contribution in [0.5, 0.6) is 0 Å². The lowest BCUT2D eigenvalue weighted by atomic mass is 9.89. The molecule has 0 aliphatic heterocycles. The predicted octanol–water partition coefficient (Wildman–Crippen LogP) is 4.41. The SMILES string of the molecule is CC(C)(C#N)CCCOC1CCCc2ccccc21. The summed E-state index contributed by atoms with van der Waals surface area (Å²) < 4.78 is 6.04. The molecule has 1 aromatic carbocycles. The highest BCUT2D eigenvalue weighted by atomic mass is 16.5. The maximum absolute atomic E-state index is 8.98. The van der Waals surface area contributed by atoms with Crippen molar-refractivity contribution < 1.29 is 4.74 Å². The van der Waals surface area contributed by atoms with Crippen molar-refractivity contribution in [2.45, 2.75) is 52.1 Å². The molecule has 0 aromatic heterocycles. The van der Waals surface area contributed by atoms with E-state index in [9.17, 15) is 0 Å². The molecular formula is C17H23NO. The normalized spacial score (nSPS) is 18.7. The fourth-order valence-corrected chi connectivity index (χ4v) is 2.68. The zero-order valence-electron chi connectivity index (χ0n) is 12.0. The highest BCUT2D eigenvalue weighted by molar-refractivity contribution is 5.31. The van der Waals surface area contributed by atoms with Crippen LogP contribution in [0.3, 0.4) is 0 Å². The molecule has 0 spiro atoms. The Kier molecular flexibility index (Phi) is 4.61. The molecule has 0 saturated carbocycles. The Morgan fingerprint density at radius 3 is 2.95 bits per heavy atom. The van der Waals surface area contributed by atoms with E-state index in [-0.39, 0.29) is 11.5 Å². The molecule has 1 unspecified atom stereocenters. The van der Waals surface area contributed by atoms with Crippen LogP contribution in [0.15, 0.2) is 24.3 Å². The van der Waals surface area contributed by atoms with Gasteiger partial charge in [-0.2, -0.15) is 5.26 Å². The summed E-state index contributed by atoms with van der Waals surface area (Å²) in [4.78, 5) is 0. The van der Waals surface area contributed by atoms with Crippen LogP contribution in [0.4, 0.5) is 0 Å². The largest absolute Gasteiger partial charge is 0.374 e. The average molecular weight is 257 g/mol. The van der Waals surface area contributed by atoms with Crippen molar-refractivity contribution in [1.82, 2.24) is 0 Å². The molecule has 2 nitrogen and oxygen atoms in total. The van der Waals surface area contributed by atoms with Gasteiger partial charge in [-0.05, 0) is 57.1 Å². The monoisotopic (exact) mass is 257 g/mol. The second-order valence-corrected chi connectivity index (χ2v) is 6.05. The molecule has 0 bridgehead atoms. The van der Waals surface area contributed by atoms with Crippen molar-refractivity contribution in [3.63, 3.8) is 0 Å². The van der Waals surface area contributed by atoms with Gasteiger partial charge in [-0.15, -0.1) is 0 Å². The van der Waals surface area contributed by atoms with E-state index in [0.717, 1.165) is 25.9 Å². The summed E-state index contributed by atoms with van der Waals surface area (Å²) in [5.74, 6) is 0. The first-order valence-electron chi connectivity index (χ1n) is 7.23. The van der Waals surface area contributed by atoms with Gasteiger partial charge in [0.05, 0.1) is 17.6 Å². The number of hydrogen-bond donors (Lipinski definition) is 0. The smallest absolute Gasteiger partial charge is 0.0827 e. The maximum Gasteiger partial charge on any atom is 0.0827 e. The number of ether oxygens (including phenoxy) is 1. The third kappa shape index (κ3) is 3.81. The van der Waals surface area contributed by atoms with Gasteiger partial charge in [-0.3, -0.25) is 0 Å². The number of nitrogens with zero attached hydrogens (tertiary/aromatic N) is 1. The molecule has 0 radical (unpaired) electrons. The summed E-state index contributed by atoms with van der Waals surface area (Å²) in [7, 11) is 0. The lowest BCUT2D eigenvalue weighted by Crippen LogP contribution is -2.15. The van der Waals surface area contributed by atoms with E-state index in [0.29, 0.717) is 0 Å². The lowest BCUT2D eigenvalue weighted by molar-refractivity contribution is 0.0359. The number of hydrogen-bond acceptors (Lipinski definition) is 2. The van der Waals surface area contributed by atoms with Crippen LogP contribution in [0, 0.1) is 16.7 Å². The van der Waals surface area contributed by atoms with Crippen molar-refractivity contribution in [3.8, 4) is 6.07 Å². The number of rotatable bonds is 5. The second kappa shape index (κ2) is 6.21. The highest BCUT2D eigenvalue weighted by Crippen LogP contribution is 2.32. The van der Waals surface area contributed by atoms with Gasteiger partial charge in [0, 0.05) is 6.61 Å². The molecule has 0 N–H and O–H groups in total. The molecule has 0 fully saturated rings. The fraction of sp³-hybridized carbons (Fsp3) is 0.588. The second-order valence-electron chi connectivity index (χ2n) is 6.05. The molecule has 0 saturated heterocycles. The van der Waals surface area contributed by atoms with Crippen molar-refractivity contribution >= 4 is 0 Å². The van der Waals surface area contributed by atoms with E-state index in [1.165, 1.54) is 24.0 Å². The molecular weight excluding hydrogens is 234 g/mol. The Morgan fingerprint density at radius 1 is 1.37 bits per heavy atom. The summed E-state index contributed by atoms with van der Waals surface area (Å²) in [6.45, 7) is 4.73. The summed E-state index contributed by atoms with van der Waals surface area (Å²) in [6, 6.07) is 10.9. The number of aryl methyl sites for hydroxylation is 1. The van der Waals surface area contributed by atoms with Gasteiger partial charge >= 0.3 is 0 Å². The van der Waals surface area contributed by atoms with Gasteiger partial charge in [-0.25, -0.2) is 0 Å². The van der Waals surface area contributed by atoms with Crippen molar-refractivity contribution in [1.29, 1.82) is 5.26 Å². The van der Waals surface area contributed by atoms with Crippen LogP contribution in [-0.2, 0) is 11.2 Å². The van der Waals surface area contributed by atoms with Gasteiger partial charge in [0.25, 0.3) is 0 Å². The molecule has 1 aliphatic carbocycles. The van der Waals surface area contributed by atoms with Crippen molar-refractivity contribution in [3.05, 3.63) is 35.4 Å². The number of benzene rings is 1. The van der Waals surface area contributed by atoms with Crippen LogP contribution < -0.4 is 0 Å². The zero-order chi connectivity index (χ0) is 13.7. The maximum atomic E-state index is 8.98. The van der Waals surface area contributed by atoms with E-state index < -0.39 is 0 Å². The number of nitriles is 1. The summed E-state index contributed by atoms with van der Waals surface area (Å²) in [6.07, 6.45) is 5.63. The van der Waals surface area contributed by atoms with E-state index >= 15 is 0 Å². The third-order valence-electron chi connectivity index (χ3n) is 3.88. The van der Waals surface area contributed by atoms with Crippen LogP contribution in [0.2, 0.25) is 0 Å². The van der Waals surface area contributed by atoms with E-state index in [1.54, 1.807) is 0 Å². The Hall–Kier alpha value is -1.33. The van der Waals surface area contributed by atoms with Crippen LogP contribution >= 0.6 is 0 Å². The molecule has 1 atom stereocenters. The van der Waals surface area contributed by atoms with E-state index in [4.69, 9.17) is 10.00 Å². The molecule has 0 heterocycles. The number of fused-ring (bicyclic) bond motifs is 1. The standard InChI is InChI=1S/C17H23NO/c1-17(2,13-18)11-6-12-19-16-10-5-8-14-7-3-4-9-15(14)16/h3-4,7,9,16H,5-6,8,10-12H2,1-2H3. The summed E-state index contributed by atoms with van der Waals surface area (Å²) in [5, 5.41) is 8.98. The summed E-state index contributed by atoms with van der Waals surface area (Å²) in [5.41, 5.74) is 2.58. The Labute approximate surface area is 116 Å². The molecule has 1 aromatic rings. The highest BCUT2D eigenvalue weighted by Gasteiger charge is 2.21. The topological polar surface area (TPSA) is 33.0 Å². The molecule has 19 heavy (non-hydrogen) atoms. The van der Waals surface area contributed by atoms with Crippen molar-refractivity contribution in [2.24, 2.45) is 5.41 Å². The first-order chi connectivity index (χ1) is 9.12. The Morgan fingerprint density at radius 2 is 2.16 bits per heavy atom. The minimum Gasteiger partial charge on any atom is -0.374 e. The molecule has 2 heteroatoms. The third-order valence-corrected chi connectivity index (χ3v) is 3.88. The molecule has 2 rings (SSSR count). The lowest BCUT2D eigenvalue weighted by Gasteiger charge is -2.26.